The molecule has 6 aromatic rings. The van der Waals surface area contributed by atoms with E-state index in [9.17, 15) is 0 Å². The van der Waals surface area contributed by atoms with Crippen LogP contribution in [0.2, 0.25) is 0 Å². The smallest absolute Gasteiger partial charge is 0.156 e. The molecule has 1 fully saturated rings. The third-order valence-corrected chi connectivity index (χ3v) is 7.94. The minimum atomic E-state index is 0.318. The van der Waals surface area contributed by atoms with Crippen LogP contribution < -0.4 is 25.4 Å². The monoisotopic (exact) mass is 713 g/mol. The minimum absolute atomic E-state index is 0.318. The number of nitrogens with zero attached hydrogens (tertiary/aromatic N) is 6. The fourth-order valence-electron chi connectivity index (χ4n) is 5.31. The Balaban J connectivity index is 0.000000198. The predicted octanol–water partition coefficient (Wildman–Crippen LogP) is 7.45. The van der Waals surface area contributed by atoms with Gasteiger partial charge in [0, 0.05) is 61.1 Å². The van der Waals surface area contributed by atoms with Gasteiger partial charge in [-0.05, 0) is 68.2 Å². The second-order valence-corrected chi connectivity index (χ2v) is 12.2. The summed E-state index contributed by atoms with van der Waals surface area (Å²) < 4.78 is 16.2. The van der Waals surface area contributed by atoms with Crippen molar-refractivity contribution in [3.8, 4) is 11.5 Å². The van der Waals surface area contributed by atoms with Gasteiger partial charge in [-0.1, -0.05) is 42.5 Å². The van der Waals surface area contributed by atoms with Crippen LogP contribution in [0.15, 0.2) is 79.0 Å². The van der Waals surface area contributed by atoms with Gasteiger partial charge in [0.25, 0.3) is 0 Å². The van der Waals surface area contributed by atoms with Gasteiger partial charge >= 0.3 is 0 Å². The summed E-state index contributed by atoms with van der Waals surface area (Å²) in [6.45, 7) is 5.41. The first-order valence-electron chi connectivity index (χ1n) is 17.2. The van der Waals surface area contributed by atoms with Crippen molar-refractivity contribution in [3.05, 3.63) is 113 Å². The molecule has 1 saturated heterocycles. The van der Waals surface area contributed by atoms with Crippen molar-refractivity contribution in [1.82, 2.24) is 40.3 Å². The maximum Gasteiger partial charge on any atom is 0.156 e. The Morgan fingerprint density at radius 1 is 0.642 bits per heavy atom. The Hall–Kier alpha value is -6.54. The van der Waals surface area contributed by atoms with E-state index in [1.54, 1.807) is 20.4 Å². The molecule has 272 valence electrons. The zero-order chi connectivity index (χ0) is 36.8. The molecule has 14 nitrogen and oxygen atoms in total. The van der Waals surface area contributed by atoms with E-state index < -0.39 is 0 Å². The predicted molar refractivity (Wildman–Crippen MR) is 209 cm³/mol. The van der Waals surface area contributed by atoms with Gasteiger partial charge in [0.15, 0.2) is 23.3 Å². The van der Waals surface area contributed by atoms with E-state index in [2.05, 4.69) is 51.3 Å². The Bertz CT molecular complexity index is 2100. The quantitative estimate of drug-likeness (QED) is 0.0849. The number of anilines is 5. The highest BCUT2D eigenvalue weighted by molar-refractivity contribution is 5.70. The van der Waals surface area contributed by atoms with Gasteiger partial charge in [-0.15, -0.1) is 0 Å². The van der Waals surface area contributed by atoms with E-state index in [0.29, 0.717) is 35.1 Å². The average molecular weight is 714 g/mol. The third-order valence-electron chi connectivity index (χ3n) is 7.94. The van der Waals surface area contributed by atoms with Crippen LogP contribution in [-0.4, -0.2) is 73.8 Å². The maximum absolute atomic E-state index is 5.46. The lowest BCUT2D eigenvalue weighted by Crippen LogP contribution is -2.28. The van der Waals surface area contributed by atoms with E-state index in [-0.39, 0.29) is 0 Å². The summed E-state index contributed by atoms with van der Waals surface area (Å²) in [5, 5.41) is 24.1. The first-order valence-corrected chi connectivity index (χ1v) is 17.2. The fraction of sp³-hybridized carbons (Fsp3) is 0.231. The molecule has 4 aromatic heterocycles. The molecule has 0 aliphatic carbocycles. The average Bonchev–Trinajstić information content (AvgIpc) is 3.80. The van der Waals surface area contributed by atoms with Crippen molar-refractivity contribution in [2.75, 3.05) is 43.4 Å². The largest absolute Gasteiger partial charge is 0.497 e. The Morgan fingerprint density at radius 3 is 1.89 bits per heavy atom. The summed E-state index contributed by atoms with van der Waals surface area (Å²) in [7, 11) is 3.26. The van der Waals surface area contributed by atoms with Crippen LogP contribution in [0.4, 0.5) is 29.1 Å². The fourth-order valence-corrected chi connectivity index (χ4v) is 5.31. The number of nitrogens with one attached hydrogen (secondary N) is 5. The van der Waals surface area contributed by atoms with Gasteiger partial charge in [0.1, 0.15) is 29.0 Å². The van der Waals surface area contributed by atoms with Crippen molar-refractivity contribution < 1.29 is 14.2 Å². The lowest BCUT2D eigenvalue weighted by Gasteiger charge is -2.23. The molecule has 5 N–H and O–H groups in total. The molecular formula is C39H43N11O3. The van der Waals surface area contributed by atoms with Crippen LogP contribution in [0.25, 0.3) is 24.3 Å². The molecule has 0 radical (unpaired) electrons. The number of ether oxygens (including phenoxy) is 3. The van der Waals surface area contributed by atoms with E-state index in [0.717, 1.165) is 71.7 Å². The Labute approximate surface area is 308 Å². The first kappa shape index (κ1) is 36.3. The van der Waals surface area contributed by atoms with Crippen LogP contribution in [0.3, 0.4) is 0 Å². The lowest BCUT2D eigenvalue weighted by molar-refractivity contribution is 0.0904. The highest BCUT2D eigenvalue weighted by Gasteiger charge is 2.15. The van der Waals surface area contributed by atoms with Crippen molar-refractivity contribution in [2.45, 2.75) is 32.7 Å². The molecule has 0 atom stereocenters. The summed E-state index contributed by atoms with van der Waals surface area (Å²) >= 11 is 0. The van der Waals surface area contributed by atoms with E-state index >= 15 is 0 Å². The maximum atomic E-state index is 5.46. The normalized spacial score (nSPS) is 13.1. The van der Waals surface area contributed by atoms with Crippen LogP contribution in [0.5, 0.6) is 11.5 Å². The number of aromatic amines is 2. The first-order chi connectivity index (χ1) is 25.9. The Morgan fingerprint density at radius 2 is 1.25 bits per heavy atom. The Kier molecular flexibility index (Phi) is 12.4. The lowest BCUT2D eigenvalue weighted by atomic mass is 10.1. The molecule has 0 unspecified atom stereocenters. The molecule has 14 heteroatoms. The van der Waals surface area contributed by atoms with Gasteiger partial charge in [0.05, 0.1) is 14.2 Å². The standard InChI is InChI=1S/C23H28N6O3.C16H15N5/c1-15-10-23(29-28-15)27-22-14-21(24-17-6-8-32-9-7-17)25-20(26-22)5-4-16-11-18(30-2)13-19(12-16)31-3;1-12-11-16(21-20-12)19-15-9-10-17-14(18-15)8-7-13-5-3-2-4-6-13/h4-5,10-14,17H,6-9H2,1-3H3,(H3,24,25,26,27,28,29);2-11H,1H3,(H2,17,18,19,20,21)/b5-4+;8-7+. The highest BCUT2D eigenvalue weighted by atomic mass is 16.5. The molecule has 2 aromatic carbocycles. The number of benzene rings is 2. The second kappa shape index (κ2) is 18.1. The number of aryl methyl sites for hydroxylation is 2. The number of aromatic nitrogens is 8. The number of hydrogen-bond acceptors (Lipinski definition) is 12. The molecule has 7 rings (SSSR count). The molecule has 53 heavy (non-hydrogen) atoms. The SMILES string of the molecule is COc1cc(/C=C/c2nc(Nc3cc(C)[nH]n3)cc(NC3CCOCC3)n2)cc(OC)c1.Cc1cc(Nc2ccnc(/C=C/c3ccccc3)n2)n[nH]1. The number of H-pyrrole nitrogens is 2. The minimum Gasteiger partial charge on any atom is -0.497 e. The topological polar surface area (TPSA) is 173 Å². The molecule has 0 amide bonds. The van der Waals surface area contributed by atoms with Gasteiger partial charge in [-0.25, -0.2) is 19.9 Å². The number of rotatable bonds is 12. The molecule has 0 bridgehead atoms. The highest BCUT2D eigenvalue weighted by Crippen LogP contribution is 2.25. The van der Waals surface area contributed by atoms with Crippen molar-refractivity contribution >= 4 is 53.4 Å². The molecule has 5 heterocycles. The van der Waals surface area contributed by atoms with E-state index in [4.69, 9.17) is 19.2 Å². The van der Waals surface area contributed by atoms with Crippen molar-refractivity contribution in [1.29, 1.82) is 0 Å². The number of hydrogen-bond donors (Lipinski definition) is 5. The second-order valence-electron chi connectivity index (χ2n) is 12.2. The van der Waals surface area contributed by atoms with Gasteiger partial charge in [-0.3, -0.25) is 10.2 Å². The van der Waals surface area contributed by atoms with E-state index in [1.807, 2.05) is 111 Å². The van der Waals surface area contributed by atoms with Crippen LogP contribution in [0, 0.1) is 13.8 Å². The number of methoxy groups -OCH3 is 2. The molecule has 0 spiro atoms. The van der Waals surface area contributed by atoms with Crippen LogP contribution in [0.1, 0.15) is 47.0 Å². The van der Waals surface area contributed by atoms with Gasteiger partial charge in [-0.2, -0.15) is 10.2 Å². The molecule has 0 saturated carbocycles. The van der Waals surface area contributed by atoms with Crippen molar-refractivity contribution in [2.24, 2.45) is 0 Å². The van der Waals surface area contributed by atoms with Crippen LogP contribution in [-0.2, 0) is 4.74 Å². The van der Waals surface area contributed by atoms with Gasteiger partial charge in [0.2, 0.25) is 0 Å². The van der Waals surface area contributed by atoms with E-state index in [1.165, 1.54) is 0 Å². The van der Waals surface area contributed by atoms with Gasteiger partial charge < -0.3 is 30.2 Å². The third kappa shape index (κ3) is 11.2. The summed E-state index contributed by atoms with van der Waals surface area (Å²) in [4.78, 5) is 18.0. The summed E-state index contributed by atoms with van der Waals surface area (Å²) in [5.41, 5.74) is 4.00. The van der Waals surface area contributed by atoms with Crippen molar-refractivity contribution in [3.63, 3.8) is 0 Å². The molecule has 1 aliphatic heterocycles. The summed E-state index contributed by atoms with van der Waals surface area (Å²) in [5.74, 6) is 6.22. The zero-order valence-electron chi connectivity index (χ0n) is 30.1. The van der Waals surface area contributed by atoms with Crippen LogP contribution >= 0.6 is 0 Å². The molecule has 1 aliphatic rings. The zero-order valence-corrected chi connectivity index (χ0v) is 30.1. The summed E-state index contributed by atoms with van der Waals surface area (Å²) in [6.07, 6.45) is 11.3. The molecular weight excluding hydrogens is 671 g/mol. The summed E-state index contributed by atoms with van der Waals surface area (Å²) in [6, 6.07) is 23.6.